The first-order chi connectivity index (χ1) is 5.65. The first-order valence-corrected chi connectivity index (χ1v) is 3.84. The van der Waals surface area contributed by atoms with Crippen LogP contribution in [-0.2, 0) is 4.74 Å². The van der Waals surface area contributed by atoms with E-state index in [4.69, 9.17) is 0 Å². The van der Waals surface area contributed by atoms with Gasteiger partial charge < -0.3 is 9.64 Å². The highest BCUT2D eigenvalue weighted by Crippen LogP contribution is 2.18. The Morgan fingerprint density at radius 1 is 1.50 bits per heavy atom. The van der Waals surface area contributed by atoms with Gasteiger partial charge in [0, 0.05) is 13.1 Å². The van der Waals surface area contributed by atoms with Crippen LogP contribution in [0.15, 0.2) is 24.3 Å². The lowest BCUT2D eigenvalue weighted by molar-refractivity contribution is 0.125. The van der Waals surface area contributed by atoms with E-state index in [1.165, 1.54) is 7.11 Å². The van der Waals surface area contributed by atoms with Crippen molar-refractivity contribution < 1.29 is 9.53 Å². The Balaban J connectivity index is 2.56. The summed E-state index contributed by atoms with van der Waals surface area (Å²) in [5, 5.41) is 0. The number of ether oxygens (including phenoxy) is 1. The van der Waals surface area contributed by atoms with Gasteiger partial charge >= 0.3 is 6.09 Å². The third-order valence-electron chi connectivity index (χ3n) is 2.00. The van der Waals surface area contributed by atoms with E-state index in [-0.39, 0.29) is 6.09 Å². The second kappa shape index (κ2) is 3.43. The first kappa shape index (κ1) is 8.84. The number of nitrogens with zero attached hydrogens (tertiary/aromatic N) is 1. The zero-order valence-electron chi connectivity index (χ0n) is 7.30. The van der Waals surface area contributed by atoms with E-state index in [1.807, 2.05) is 0 Å². The van der Waals surface area contributed by atoms with E-state index in [9.17, 15) is 4.79 Å². The molecule has 3 heteroatoms. The molecular weight excluding hydrogens is 154 g/mol. The van der Waals surface area contributed by atoms with Gasteiger partial charge in [0.05, 0.1) is 7.11 Å². The first-order valence-electron chi connectivity index (χ1n) is 3.84. The van der Waals surface area contributed by atoms with Crippen LogP contribution in [0.3, 0.4) is 0 Å². The Labute approximate surface area is 72.3 Å². The molecule has 1 saturated heterocycles. The Morgan fingerprint density at radius 3 is 2.67 bits per heavy atom. The molecule has 0 aromatic rings. The molecule has 1 fully saturated rings. The van der Waals surface area contributed by atoms with Crippen molar-refractivity contribution in [1.29, 1.82) is 0 Å². The normalized spacial score (nSPS) is 17.9. The summed E-state index contributed by atoms with van der Waals surface area (Å²) < 4.78 is 4.59. The lowest BCUT2D eigenvalue weighted by Gasteiger charge is -2.28. The number of amides is 1. The number of carbonyl (C=O) groups excluding carboxylic acids is 1. The number of piperidine rings is 1. The highest BCUT2D eigenvalue weighted by molar-refractivity contribution is 5.68. The van der Waals surface area contributed by atoms with Crippen LogP contribution in [0.25, 0.3) is 0 Å². The topological polar surface area (TPSA) is 29.5 Å². The Morgan fingerprint density at radius 2 is 2.17 bits per heavy atom. The molecule has 0 N–H and O–H groups in total. The summed E-state index contributed by atoms with van der Waals surface area (Å²) in [6.07, 6.45) is 0.511. The van der Waals surface area contributed by atoms with Crippen molar-refractivity contribution in [3.05, 3.63) is 24.3 Å². The van der Waals surface area contributed by atoms with Gasteiger partial charge in [-0.25, -0.2) is 4.79 Å². The van der Waals surface area contributed by atoms with E-state index in [0.717, 1.165) is 17.6 Å². The number of hydrogen-bond acceptors (Lipinski definition) is 2. The SMILES string of the molecule is C=C1CCN(C(=O)OC)CC1=C. The molecule has 0 radical (unpaired) electrons. The molecule has 1 rings (SSSR count). The minimum Gasteiger partial charge on any atom is -0.453 e. The largest absolute Gasteiger partial charge is 0.453 e. The molecule has 1 aliphatic heterocycles. The van der Waals surface area contributed by atoms with Crippen molar-refractivity contribution in [2.75, 3.05) is 20.2 Å². The molecule has 0 spiro atoms. The van der Waals surface area contributed by atoms with Crippen molar-refractivity contribution in [2.24, 2.45) is 0 Å². The molecule has 0 saturated carbocycles. The van der Waals surface area contributed by atoms with E-state index in [1.54, 1.807) is 4.90 Å². The van der Waals surface area contributed by atoms with Gasteiger partial charge in [-0.1, -0.05) is 13.2 Å². The van der Waals surface area contributed by atoms with E-state index in [2.05, 4.69) is 17.9 Å². The highest BCUT2D eigenvalue weighted by Gasteiger charge is 2.20. The van der Waals surface area contributed by atoms with Gasteiger partial charge in [0.2, 0.25) is 0 Å². The molecule has 0 unspecified atom stereocenters. The fourth-order valence-electron chi connectivity index (χ4n) is 1.15. The van der Waals surface area contributed by atoms with Crippen LogP contribution in [0.2, 0.25) is 0 Å². The minimum absolute atomic E-state index is 0.288. The summed E-state index contributed by atoms with van der Waals surface area (Å²) in [6.45, 7) is 8.88. The molecule has 1 heterocycles. The third-order valence-corrected chi connectivity index (χ3v) is 2.00. The van der Waals surface area contributed by atoms with Gasteiger partial charge in [-0.2, -0.15) is 0 Å². The molecule has 1 amide bonds. The van der Waals surface area contributed by atoms with Gasteiger partial charge in [-0.3, -0.25) is 0 Å². The van der Waals surface area contributed by atoms with Gasteiger partial charge in [-0.05, 0) is 17.6 Å². The fraction of sp³-hybridized carbons (Fsp3) is 0.444. The molecule has 3 nitrogen and oxygen atoms in total. The smallest absolute Gasteiger partial charge is 0.409 e. The predicted molar refractivity (Wildman–Crippen MR) is 46.9 cm³/mol. The van der Waals surface area contributed by atoms with Crippen molar-refractivity contribution >= 4 is 6.09 Å². The van der Waals surface area contributed by atoms with Crippen LogP contribution in [0.4, 0.5) is 4.79 Å². The van der Waals surface area contributed by atoms with E-state index >= 15 is 0 Å². The second-order valence-electron chi connectivity index (χ2n) is 2.85. The molecule has 0 atom stereocenters. The van der Waals surface area contributed by atoms with Crippen molar-refractivity contribution in [2.45, 2.75) is 6.42 Å². The zero-order chi connectivity index (χ0) is 9.14. The summed E-state index contributed by atoms with van der Waals surface area (Å²) in [6, 6.07) is 0. The van der Waals surface area contributed by atoms with E-state index < -0.39 is 0 Å². The number of hydrogen-bond donors (Lipinski definition) is 0. The number of methoxy groups -OCH3 is 1. The average molecular weight is 167 g/mol. The summed E-state index contributed by atoms with van der Waals surface area (Å²) in [4.78, 5) is 12.7. The Hall–Kier alpha value is -1.25. The number of rotatable bonds is 0. The van der Waals surface area contributed by atoms with Crippen LogP contribution >= 0.6 is 0 Å². The lowest BCUT2D eigenvalue weighted by atomic mass is 10.0. The summed E-state index contributed by atoms with van der Waals surface area (Å²) in [5.41, 5.74) is 1.96. The summed E-state index contributed by atoms with van der Waals surface area (Å²) >= 11 is 0. The molecular formula is C9H13NO2. The van der Waals surface area contributed by atoms with Gasteiger partial charge in [0.15, 0.2) is 0 Å². The van der Waals surface area contributed by atoms with Crippen LogP contribution < -0.4 is 0 Å². The minimum atomic E-state index is -0.288. The van der Waals surface area contributed by atoms with Gasteiger partial charge in [-0.15, -0.1) is 0 Å². The highest BCUT2D eigenvalue weighted by atomic mass is 16.5. The molecule has 0 bridgehead atoms. The quantitative estimate of drug-likeness (QED) is 0.548. The Bertz CT molecular complexity index is 233. The van der Waals surface area contributed by atoms with Crippen LogP contribution in [0.5, 0.6) is 0 Å². The van der Waals surface area contributed by atoms with Crippen molar-refractivity contribution in [3.8, 4) is 0 Å². The van der Waals surface area contributed by atoms with Crippen LogP contribution in [-0.4, -0.2) is 31.2 Å². The summed E-state index contributed by atoms with van der Waals surface area (Å²) in [5.74, 6) is 0. The molecule has 66 valence electrons. The summed E-state index contributed by atoms with van der Waals surface area (Å²) in [7, 11) is 1.38. The molecule has 0 aliphatic carbocycles. The molecule has 1 aliphatic rings. The zero-order valence-corrected chi connectivity index (χ0v) is 7.30. The predicted octanol–water partition coefficient (Wildman–Crippen LogP) is 1.57. The monoisotopic (exact) mass is 167 g/mol. The number of carbonyl (C=O) groups is 1. The average Bonchev–Trinajstić information content (AvgIpc) is 2.08. The second-order valence-corrected chi connectivity index (χ2v) is 2.85. The fourth-order valence-corrected chi connectivity index (χ4v) is 1.15. The Kier molecular flexibility index (Phi) is 2.53. The molecule has 0 aromatic heterocycles. The third kappa shape index (κ3) is 1.67. The lowest BCUT2D eigenvalue weighted by Crippen LogP contribution is -2.37. The molecule has 0 aromatic carbocycles. The van der Waals surface area contributed by atoms with Crippen molar-refractivity contribution in [3.63, 3.8) is 0 Å². The maximum atomic E-state index is 11.1. The van der Waals surface area contributed by atoms with Gasteiger partial charge in [0.25, 0.3) is 0 Å². The number of likely N-dealkylation sites (tertiary alicyclic amines) is 1. The van der Waals surface area contributed by atoms with E-state index in [0.29, 0.717) is 13.1 Å². The van der Waals surface area contributed by atoms with Gasteiger partial charge in [0.1, 0.15) is 0 Å². The molecule has 12 heavy (non-hydrogen) atoms. The van der Waals surface area contributed by atoms with Crippen LogP contribution in [0, 0.1) is 0 Å². The van der Waals surface area contributed by atoms with Crippen molar-refractivity contribution in [1.82, 2.24) is 4.90 Å². The maximum Gasteiger partial charge on any atom is 0.409 e. The standard InChI is InChI=1S/C9H13NO2/c1-7-4-5-10(6-8(7)2)9(11)12-3/h1-2,4-6H2,3H3. The maximum absolute atomic E-state index is 11.1. The van der Waals surface area contributed by atoms with Crippen LogP contribution in [0.1, 0.15) is 6.42 Å².